The van der Waals surface area contributed by atoms with Crippen molar-refractivity contribution in [2.75, 3.05) is 11.9 Å². The molecule has 35 heavy (non-hydrogen) atoms. The van der Waals surface area contributed by atoms with Crippen molar-refractivity contribution >= 4 is 17.2 Å². The second-order valence-corrected chi connectivity index (χ2v) is 9.87. The van der Waals surface area contributed by atoms with Crippen molar-refractivity contribution in [3.8, 4) is 12.3 Å². The number of carbonyl (C=O) groups excluding carboxylic acids is 1. The van der Waals surface area contributed by atoms with Gasteiger partial charge in [0.05, 0.1) is 12.2 Å². The molecule has 1 N–H and O–H groups in total. The molecule has 0 aliphatic heterocycles. The van der Waals surface area contributed by atoms with Gasteiger partial charge in [0.25, 0.3) is 5.91 Å². The summed E-state index contributed by atoms with van der Waals surface area (Å²) in [6, 6.07) is 5.98. The van der Waals surface area contributed by atoms with Crippen molar-refractivity contribution in [3.05, 3.63) is 65.3 Å². The van der Waals surface area contributed by atoms with E-state index in [2.05, 4.69) is 28.8 Å². The number of nitrogens with zero attached hydrogens (tertiary/aromatic N) is 2. The maximum absolute atomic E-state index is 13.1. The van der Waals surface area contributed by atoms with Gasteiger partial charge in [0.15, 0.2) is 0 Å². The summed E-state index contributed by atoms with van der Waals surface area (Å²) in [6.45, 7) is 13.6. The lowest BCUT2D eigenvalue weighted by atomic mass is 10.1. The normalized spacial score (nSPS) is 12.2. The predicted octanol–water partition coefficient (Wildman–Crippen LogP) is 7.11. The second kappa shape index (κ2) is 13.7. The van der Waals surface area contributed by atoms with Crippen molar-refractivity contribution in [2.24, 2.45) is 0 Å². The van der Waals surface area contributed by atoms with Crippen molar-refractivity contribution in [1.82, 2.24) is 9.55 Å². The van der Waals surface area contributed by atoms with Gasteiger partial charge in [0.1, 0.15) is 11.5 Å². The first-order chi connectivity index (χ1) is 16.6. The summed E-state index contributed by atoms with van der Waals surface area (Å²) in [5.41, 5.74) is 4.04. The average Bonchev–Trinajstić information content (AvgIpc) is 3.21. The smallest absolute Gasteiger partial charge is 0.275 e. The van der Waals surface area contributed by atoms with E-state index in [4.69, 9.17) is 16.1 Å². The molecule has 1 amide bonds. The SMILES string of the molecule is C#CC/C=C(\C=C/COC(C)(C)C)c1nc(C(=O)Nc2ccc(C)cc2C)cn1CCCCCC. The monoisotopic (exact) mass is 475 g/mol. The summed E-state index contributed by atoms with van der Waals surface area (Å²) in [6.07, 6.45) is 18.3. The third kappa shape index (κ3) is 9.58. The van der Waals surface area contributed by atoms with E-state index in [1.54, 1.807) is 0 Å². The molecule has 2 aromatic rings. The Morgan fingerprint density at radius 2 is 2.00 bits per heavy atom. The first-order valence-corrected chi connectivity index (χ1v) is 12.5. The van der Waals surface area contributed by atoms with Crippen LogP contribution in [0.3, 0.4) is 0 Å². The number of terminal acetylenes is 1. The van der Waals surface area contributed by atoms with Crippen LogP contribution in [0.2, 0.25) is 0 Å². The Kier molecular flexibility index (Phi) is 11.0. The van der Waals surface area contributed by atoms with Crippen LogP contribution >= 0.6 is 0 Å². The van der Waals surface area contributed by atoms with Gasteiger partial charge in [-0.3, -0.25) is 4.79 Å². The molecule has 0 aliphatic rings. The molecule has 1 aromatic carbocycles. The van der Waals surface area contributed by atoms with Gasteiger partial charge in [0.2, 0.25) is 0 Å². The standard InChI is InChI=1S/C30H41N3O2/c1-8-10-12-13-19-33-22-27(29(34)32-26-18-17-23(3)21-24(26)4)31-28(33)25(15-11-9-2)16-14-20-35-30(5,6)7/h2,14-18,21-22H,8,10-13,19-20H2,1,3-7H3,(H,32,34)/b16-14-,25-15+. The van der Waals surface area contributed by atoms with E-state index < -0.39 is 0 Å². The minimum absolute atomic E-state index is 0.218. The number of carbonyl (C=O) groups is 1. The zero-order chi connectivity index (χ0) is 25.8. The highest BCUT2D eigenvalue weighted by Crippen LogP contribution is 2.21. The number of amides is 1. The van der Waals surface area contributed by atoms with Gasteiger partial charge < -0.3 is 14.6 Å². The highest BCUT2D eigenvalue weighted by atomic mass is 16.5. The summed E-state index contributed by atoms with van der Waals surface area (Å²) in [5.74, 6) is 3.20. The van der Waals surface area contributed by atoms with Crippen LogP contribution in [0.25, 0.3) is 5.57 Å². The lowest BCUT2D eigenvalue weighted by Crippen LogP contribution is -2.18. The van der Waals surface area contributed by atoms with Gasteiger partial charge in [-0.05, 0) is 52.7 Å². The topological polar surface area (TPSA) is 56.1 Å². The fourth-order valence-corrected chi connectivity index (χ4v) is 3.65. The summed E-state index contributed by atoms with van der Waals surface area (Å²) in [5, 5.41) is 3.02. The average molecular weight is 476 g/mol. The maximum atomic E-state index is 13.1. The van der Waals surface area contributed by atoms with E-state index in [9.17, 15) is 4.79 Å². The molecule has 0 spiro atoms. The van der Waals surface area contributed by atoms with Crippen molar-refractivity contribution in [2.45, 2.75) is 85.8 Å². The number of hydrogen-bond acceptors (Lipinski definition) is 3. The number of anilines is 1. The van der Waals surface area contributed by atoms with Gasteiger partial charge in [-0.1, -0.05) is 62.1 Å². The number of unbranched alkanes of at least 4 members (excludes halogenated alkanes) is 3. The number of rotatable bonds is 12. The number of aromatic nitrogens is 2. The van der Waals surface area contributed by atoms with Gasteiger partial charge in [-0.15, -0.1) is 12.3 Å². The zero-order valence-electron chi connectivity index (χ0n) is 22.3. The van der Waals surface area contributed by atoms with Crippen LogP contribution < -0.4 is 5.32 Å². The van der Waals surface area contributed by atoms with Crippen molar-refractivity contribution in [3.63, 3.8) is 0 Å². The third-order valence-electron chi connectivity index (χ3n) is 5.50. The molecule has 0 saturated carbocycles. The van der Waals surface area contributed by atoms with Crippen LogP contribution in [0.5, 0.6) is 0 Å². The van der Waals surface area contributed by atoms with E-state index in [-0.39, 0.29) is 11.5 Å². The Morgan fingerprint density at radius 1 is 1.23 bits per heavy atom. The molecule has 2 rings (SSSR count). The fraction of sp³-hybridized carbons (Fsp3) is 0.467. The van der Waals surface area contributed by atoms with Gasteiger partial charge in [-0.25, -0.2) is 4.98 Å². The molecule has 5 heteroatoms. The number of aryl methyl sites for hydroxylation is 3. The minimum atomic E-state index is -0.221. The second-order valence-electron chi connectivity index (χ2n) is 9.87. The Morgan fingerprint density at radius 3 is 2.66 bits per heavy atom. The van der Waals surface area contributed by atoms with E-state index in [0.29, 0.717) is 18.7 Å². The molecule has 1 heterocycles. The molecule has 188 valence electrons. The van der Waals surface area contributed by atoms with Gasteiger partial charge in [-0.2, -0.15) is 0 Å². The Bertz CT molecular complexity index is 1080. The van der Waals surface area contributed by atoms with Crippen LogP contribution in [0.4, 0.5) is 5.69 Å². The molecule has 0 fully saturated rings. The molecule has 0 radical (unpaired) electrons. The lowest BCUT2D eigenvalue weighted by molar-refractivity contribution is 0.0150. The molecule has 5 nitrogen and oxygen atoms in total. The predicted molar refractivity (Wildman–Crippen MR) is 147 cm³/mol. The molecule has 0 atom stereocenters. The Balaban J connectivity index is 2.34. The van der Waals surface area contributed by atoms with Crippen molar-refractivity contribution < 1.29 is 9.53 Å². The Hall–Kier alpha value is -3.10. The lowest BCUT2D eigenvalue weighted by Gasteiger charge is -2.17. The van der Waals surface area contributed by atoms with Crippen LogP contribution in [0.1, 0.15) is 87.2 Å². The fourth-order valence-electron chi connectivity index (χ4n) is 3.65. The minimum Gasteiger partial charge on any atom is -0.372 e. The number of imidazole rings is 1. The van der Waals surface area contributed by atoms with Gasteiger partial charge >= 0.3 is 0 Å². The van der Waals surface area contributed by atoms with Crippen molar-refractivity contribution in [1.29, 1.82) is 0 Å². The summed E-state index contributed by atoms with van der Waals surface area (Å²) >= 11 is 0. The van der Waals surface area contributed by atoms with E-state index in [0.717, 1.165) is 47.6 Å². The highest BCUT2D eigenvalue weighted by molar-refractivity contribution is 6.03. The van der Waals surface area contributed by atoms with Crippen LogP contribution in [-0.4, -0.2) is 27.7 Å². The number of benzene rings is 1. The molecule has 0 bridgehead atoms. The highest BCUT2D eigenvalue weighted by Gasteiger charge is 2.17. The number of hydrogen-bond donors (Lipinski definition) is 1. The molecule has 0 unspecified atom stereocenters. The van der Waals surface area contributed by atoms with E-state index in [1.165, 1.54) is 12.8 Å². The summed E-state index contributed by atoms with van der Waals surface area (Å²) in [4.78, 5) is 17.9. The molecule has 0 aliphatic carbocycles. The number of allylic oxidation sites excluding steroid dienone is 3. The summed E-state index contributed by atoms with van der Waals surface area (Å²) < 4.78 is 7.90. The van der Waals surface area contributed by atoms with Crippen LogP contribution in [0, 0.1) is 26.2 Å². The Labute approximate surface area is 211 Å². The van der Waals surface area contributed by atoms with E-state index in [1.807, 2.05) is 71.2 Å². The molecule has 1 aromatic heterocycles. The zero-order valence-corrected chi connectivity index (χ0v) is 22.3. The molecular weight excluding hydrogens is 434 g/mol. The van der Waals surface area contributed by atoms with Crippen LogP contribution in [-0.2, 0) is 11.3 Å². The first-order valence-electron chi connectivity index (χ1n) is 12.5. The summed E-state index contributed by atoms with van der Waals surface area (Å²) in [7, 11) is 0. The van der Waals surface area contributed by atoms with E-state index >= 15 is 0 Å². The van der Waals surface area contributed by atoms with Crippen LogP contribution in [0.15, 0.2) is 42.6 Å². The third-order valence-corrected chi connectivity index (χ3v) is 5.50. The molecule has 0 saturated heterocycles. The quantitative estimate of drug-likeness (QED) is 0.202. The number of ether oxygens (including phenoxy) is 1. The first kappa shape index (κ1) is 28.1. The van der Waals surface area contributed by atoms with Gasteiger partial charge in [0, 0.05) is 30.4 Å². The molecular formula is C30H41N3O2. The maximum Gasteiger partial charge on any atom is 0.275 e. The number of nitrogens with one attached hydrogen (secondary N) is 1. The largest absolute Gasteiger partial charge is 0.372 e.